The van der Waals surface area contributed by atoms with Crippen molar-refractivity contribution in [1.29, 1.82) is 0 Å². The van der Waals surface area contributed by atoms with Gasteiger partial charge in [0.15, 0.2) is 6.54 Å². The molecule has 3 rings (SSSR count). The molecule has 0 atom stereocenters. The Morgan fingerprint density at radius 2 is 1.92 bits per heavy atom. The van der Waals surface area contributed by atoms with E-state index in [1.807, 2.05) is 11.0 Å². The molecule has 7 heteroatoms. The molecule has 1 saturated carbocycles. The molecule has 5 nitrogen and oxygen atoms in total. The first-order chi connectivity index (χ1) is 12.0. The number of amides is 2. The monoisotopic (exact) mass is 382 g/mol. The van der Waals surface area contributed by atoms with E-state index < -0.39 is 0 Å². The van der Waals surface area contributed by atoms with Crippen molar-refractivity contribution in [2.24, 2.45) is 0 Å². The summed E-state index contributed by atoms with van der Waals surface area (Å²) in [6.07, 6.45) is 5.51. The van der Waals surface area contributed by atoms with Gasteiger partial charge in [0.1, 0.15) is 0 Å². The van der Waals surface area contributed by atoms with Crippen LogP contribution in [0.4, 0.5) is 0 Å². The van der Waals surface area contributed by atoms with E-state index in [0.29, 0.717) is 35.7 Å². The first kappa shape index (κ1) is 18.2. The molecule has 2 fully saturated rings. The molecule has 0 bridgehead atoms. The molecule has 1 aromatic rings. The van der Waals surface area contributed by atoms with Gasteiger partial charge < -0.3 is 15.1 Å². The number of hydrogen-bond acceptors (Lipinski definition) is 2. The van der Waals surface area contributed by atoms with Crippen LogP contribution in [-0.4, -0.2) is 55.5 Å². The van der Waals surface area contributed by atoms with Gasteiger partial charge in [-0.25, -0.2) is 0 Å². The van der Waals surface area contributed by atoms with Crippen LogP contribution in [0.2, 0.25) is 10.0 Å². The minimum absolute atomic E-state index is 0.0208. The van der Waals surface area contributed by atoms with Crippen LogP contribution in [-0.2, 0) is 9.59 Å². The Kier molecular flexibility index (Phi) is 5.99. The van der Waals surface area contributed by atoms with Crippen LogP contribution >= 0.6 is 23.2 Å². The largest absolute Gasteiger partial charge is 0.348 e. The summed E-state index contributed by atoms with van der Waals surface area (Å²) in [5.41, 5.74) is 0.837. The molecule has 2 aliphatic rings. The fourth-order valence-electron chi connectivity index (χ4n) is 2.84. The number of nitrogens with zero attached hydrogens (tertiary/aromatic N) is 1. The van der Waals surface area contributed by atoms with Gasteiger partial charge in [-0.3, -0.25) is 9.59 Å². The molecule has 0 unspecified atom stereocenters. The van der Waals surface area contributed by atoms with E-state index >= 15 is 0 Å². The fraction of sp³-hybridized carbons (Fsp3) is 0.444. The first-order valence-corrected chi connectivity index (χ1v) is 9.32. The second-order valence-corrected chi connectivity index (χ2v) is 7.42. The zero-order chi connectivity index (χ0) is 17.8. The number of carbonyl (C=O) groups excluding carboxylic acids is 2. The van der Waals surface area contributed by atoms with Crippen molar-refractivity contribution in [3.63, 3.8) is 0 Å². The van der Waals surface area contributed by atoms with E-state index in [-0.39, 0.29) is 11.8 Å². The molecule has 2 amide bonds. The van der Waals surface area contributed by atoms with Gasteiger partial charge in [0.25, 0.3) is 5.91 Å². The molecule has 0 aromatic heterocycles. The Morgan fingerprint density at radius 1 is 1.20 bits per heavy atom. The number of quaternary nitrogens is 1. The predicted octanol–water partition coefficient (Wildman–Crippen LogP) is 1.01. The van der Waals surface area contributed by atoms with Crippen molar-refractivity contribution in [1.82, 2.24) is 10.2 Å². The lowest BCUT2D eigenvalue weighted by molar-refractivity contribution is -0.896. The summed E-state index contributed by atoms with van der Waals surface area (Å²) < 4.78 is 0. The quantitative estimate of drug-likeness (QED) is 0.746. The van der Waals surface area contributed by atoms with Gasteiger partial charge in [-0.2, -0.15) is 0 Å². The summed E-state index contributed by atoms with van der Waals surface area (Å²) in [6, 6.07) is 5.66. The molecule has 134 valence electrons. The smallest absolute Gasteiger partial charge is 0.275 e. The normalized spacial score (nSPS) is 18.6. The minimum atomic E-state index is -0.0208. The van der Waals surface area contributed by atoms with E-state index in [2.05, 4.69) is 5.32 Å². The van der Waals surface area contributed by atoms with Crippen molar-refractivity contribution in [3.05, 3.63) is 39.9 Å². The lowest BCUT2D eigenvalue weighted by Gasteiger charge is -2.31. The van der Waals surface area contributed by atoms with Crippen molar-refractivity contribution in [2.75, 3.05) is 32.7 Å². The summed E-state index contributed by atoms with van der Waals surface area (Å²) in [5, 5.41) is 3.98. The molecule has 2 N–H and O–H groups in total. The van der Waals surface area contributed by atoms with Crippen molar-refractivity contribution in [3.8, 4) is 0 Å². The maximum Gasteiger partial charge on any atom is 0.275 e. The number of halogens is 2. The molecule has 1 aliphatic carbocycles. The third kappa shape index (κ3) is 5.46. The summed E-state index contributed by atoms with van der Waals surface area (Å²) in [6.45, 7) is 3.42. The zero-order valence-electron chi connectivity index (χ0n) is 13.9. The molecule has 1 saturated heterocycles. The number of carbonyl (C=O) groups is 2. The second-order valence-electron chi connectivity index (χ2n) is 6.60. The van der Waals surface area contributed by atoms with Gasteiger partial charge >= 0.3 is 0 Å². The maximum absolute atomic E-state index is 12.3. The molecule has 1 aliphatic heterocycles. The molecule has 1 heterocycles. The number of hydrogen-bond donors (Lipinski definition) is 2. The lowest BCUT2D eigenvalue weighted by atomic mass is 10.2. The van der Waals surface area contributed by atoms with Crippen LogP contribution in [0.3, 0.4) is 0 Å². The SMILES string of the molecule is O=C(C[NH+]1CCN(C(=O)/C=C/c2ccc(Cl)c(Cl)c2)CC1)NC1CC1. The average Bonchev–Trinajstić information content (AvgIpc) is 3.40. The van der Waals surface area contributed by atoms with Crippen molar-refractivity contribution >= 4 is 41.1 Å². The standard InChI is InChI=1S/C18H21Cl2N3O2/c19-15-5-1-13(11-16(15)20)2-6-18(25)23-9-7-22(8-10-23)12-17(24)21-14-3-4-14/h1-2,5-6,11,14H,3-4,7-10,12H2,(H,21,24)/p+1/b6-2+. The first-order valence-electron chi connectivity index (χ1n) is 8.56. The topological polar surface area (TPSA) is 53.9 Å². The molecule has 0 radical (unpaired) electrons. The zero-order valence-corrected chi connectivity index (χ0v) is 15.4. The Hall–Kier alpha value is -1.56. The van der Waals surface area contributed by atoms with Crippen LogP contribution < -0.4 is 10.2 Å². The number of benzene rings is 1. The third-order valence-corrected chi connectivity index (χ3v) is 5.24. The maximum atomic E-state index is 12.3. The highest BCUT2D eigenvalue weighted by molar-refractivity contribution is 6.42. The Balaban J connectivity index is 1.45. The summed E-state index contributed by atoms with van der Waals surface area (Å²) in [5.74, 6) is 0.101. The van der Waals surface area contributed by atoms with Crippen LogP contribution in [0.1, 0.15) is 18.4 Å². The number of nitrogens with one attached hydrogen (secondary N) is 2. The molecular formula is C18H22Cl2N3O2+. The van der Waals surface area contributed by atoms with E-state index in [1.165, 1.54) is 4.90 Å². The van der Waals surface area contributed by atoms with Gasteiger partial charge in [0, 0.05) is 12.1 Å². The van der Waals surface area contributed by atoms with E-state index in [1.54, 1.807) is 24.3 Å². The van der Waals surface area contributed by atoms with E-state index in [4.69, 9.17) is 23.2 Å². The number of rotatable bonds is 5. The van der Waals surface area contributed by atoms with Crippen LogP contribution in [0.25, 0.3) is 6.08 Å². The molecule has 0 spiro atoms. The summed E-state index contributed by atoms with van der Waals surface area (Å²) >= 11 is 11.9. The predicted molar refractivity (Wildman–Crippen MR) is 98.8 cm³/mol. The summed E-state index contributed by atoms with van der Waals surface area (Å²) in [7, 11) is 0. The van der Waals surface area contributed by atoms with E-state index in [9.17, 15) is 9.59 Å². The Morgan fingerprint density at radius 3 is 2.56 bits per heavy atom. The van der Waals surface area contributed by atoms with Gasteiger partial charge in [0.2, 0.25) is 5.91 Å². The summed E-state index contributed by atoms with van der Waals surface area (Å²) in [4.78, 5) is 27.2. The van der Waals surface area contributed by atoms with Crippen molar-refractivity contribution < 1.29 is 14.5 Å². The highest BCUT2D eigenvalue weighted by Crippen LogP contribution is 2.23. The van der Waals surface area contributed by atoms with Gasteiger partial charge in [0.05, 0.1) is 36.2 Å². The Bertz CT molecular complexity index is 681. The third-order valence-electron chi connectivity index (χ3n) is 4.50. The lowest BCUT2D eigenvalue weighted by Crippen LogP contribution is -3.15. The van der Waals surface area contributed by atoms with Gasteiger partial charge in [-0.05, 0) is 36.6 Å². The molecular weight excluding hydrogens is 361 g/mol. The second kappa shape index (κ2) is 8.21. The van der Waals surface area contributed by atoms with E-state index in [0.717, 1.165) is 31.5 Å². The number of piperazine rings is 1. The van der Waals surface area contributed by atoms with Gasteiger partial charge in [-0.1, -0.05) is 29.3 Å². The molecule has 1 aromatic carbocycles. The van der Waals surface area contributed by atoms with Crippen LogP contribution in [0.5, 0.6) is 0 Å². The minimum Gasteiger partial charge on any atom is -0.348 e. The van der Waals surface area contributed by atoms with Crippen LogP contribution in [0.15, 0.2) is 24.3 Å². The van der Waals surface area contributed by atoms with Gasteiger partial charge in [-0.15, -0.1) is 0 Å². The highest BCUT2D eigenvalue weighted by Gasteiger charge is 2.27. The molecule has 25 heavy (non-hydrogen) atoms. The Labute approximate surface area is 157 Å². The average molecular weight is 383 g/mol. The van der Waals surface area contributed by atoms with Crippen LogP contribution in [0, 0.1) is 0 Å². The van der Waals surface area contributed by atoms with Crippen molar-refractivity contribution in [2.45, 2.75) is 18.9 Å². The fourth-order valence-corrected chi connectivity index (χ4v) is 3.15. The highest BCUT2D eigenvalue weighted by atomic mass is 35.5.